The van der Waals surface area contributed by atoms with E-state index >= 15 is 0 Å². The molecule has 36 heavy (non-hydrogen) atoms. The lowest BCUT2D eigenvalue weighted by atomic mass is 10.1. The lowest BCUT2D eigenvalue weighted by Gasteiger charge is -2.16. The Kier molecular flexibility index (Phi) is 8.22. The smallest absolute Gasteiger partial charge is 0.257 e. The molecular weight excluding hydrogens is 468 g/mol. The number of amides is 2. The van der Waals surface area contributed by atoms with Gasteiger partial charge in [0.2, 0.25) is 5.43 Å². The summed E-state index contributed by atoms with van der Waals surface area (Å²) in [6.45, 7) is 1.07. The second-order valence-corrected chi connectivity index (χ2v) is 8.66. The van der Waals surface area contributed by atoms with E-state index in [0.717, 1.165) is 12.8 Å². The molecule has 1 atom stereocenters. The maximum atomic E-state index is 13.9. The minimum absolute atomic E-state index is 0.0919. The van der Waals surface area contributed by atoms with Gasteiger partial charge in [-0.05, 0) is 43.0 Å². The van der Waals surface area contributed by atoms with Crippen LogP contribution in [0.5, 0.6) is 0 Å². The fourth-order valence-corrected chi connectivity index (χ4v) is 4.10. The molecule has 9 heteroatoms. The van der Waals surface area contributed by atoms with Gasteiger partial charge in [-0.3, -0.25) is 14.4 Å². The van der Waals surface area contributed by atoms with Gasteiger partial charge in [-0.2, -0.15) is 0 Å². The van der Waals surface area contributed by atoms with E-state index in [1.165, 1.54) is 36.7 Å². The normalized spacial score (nSPS) is 15.0. The summed E-state index contributed by atoms with van der Waals surface area (Å²) < 4.78 is 34.6. The Hall–Kier alpha value is -3.85. The van der Waals surface area contributed by atoms with Crippen LogP contribution in [0.2, 0.25) is 0 Å². The zero-order chi connectivity index (χ0) is 25.5. The van der Waals surface area contributed by atoms with Crippen LogP contribution < -0.4 is 16.1 Å². The Morgan fingerprint density at radius 1 is 1.00 bits per heavy atom. The van der Waals surface area contributed by atoms with Crippen molar-refractivity contribution in [2.75, 3.05) is 13.2 Å². The standard InChI is InChI=1S/C27H27F2N3O4/c28-20-7-3-5-18(13-20)10-11-30-26(34)22-16-32(15-21-8-4-12-36-21)17-23(25(22)33)27(35)31-14-19-6-1-2-9-24(19)29/h1-3,5-7,9,13,16-17,21H,4,8,10-12,14-15H2,(H,30,34)(H,31,35)/t21-/m1/s1. The van der Waals surface area contributed by atoms with Crippen LogP contribution in [0.4, 0.5) is 8.78 Å². The minimum Gasteiger partial charge on any atom is -0.376 e. The molecule has 188 valence electrons. The van der Waals surface area contributed by atoms with Crippen molar-refractivity contribution in [1.29, 1.82) is 0 Å². The van der Waals surface area contributed by atoms with E-state index in [-0.39, 0.29) is 41.7 Å². The largest absolute Gasteiger partial charge is 0.376 e. The Bertz CT molecular complexity index is 1300. The zero-order valence-electron chi connectivity index (χ0n) is 19.6. The molecule has 1 saturated heterocycles. The molecule has 2 amide bonds. The average molecular weight is 496 g/mol. The number of ether oxygens (including phenoxy) is 1. The molecular formula is C27H27F2N3O4. The molecule has 0 unspecified atom stereocenters. The van der Waals surface area contributed by atoms with E-state index < -0.39 is 23.1 Å². The third kappa shape index (κ3) is 6.42. The Morgan fingerprint density at radius 3 is 2.44 bits per heavy atom. The van der Waals surface area contributed by atoms with Crippen LogP contribution in [-0.2, 0) is 24.2 Å². The molecule has 1 fully saturated rings. The first-order valence-corrected chi connectivity index (χ1v) is 11.8. The highest BCUT2D eigenvalue weighted by atomic mass is 19.1. The van der Waals surface area contributed by atoms with E-state index in [4.69, 9.17) is 4.74 Å². The molecule has 2 N–H and O–H groups in total. The van der Waals surface area contributed by atoms with Gasteiger partial charge in [0.15, 0.2) is 0 Å². The van der Waals surface area contributed by atoms with Gasteiger partial charge in [0.1, 0.15) is 22.8 Å². The first-order valence-electron chi connectivity index (χ1n) is 11.8. The molecule has 3 aromatic rings. The maximum Gasteiger partial charge on any atom is 0.257 e. The van der Waals surface area contributed by atoms with Gasteiger partial charge in [-0.15, -0.1) is 0 Å². The number of aromatic nitrogens is 1. The monoisotopic (exact) mass is 495 g/mol. The second-order valence-electron chi connectivity index (χ2n) is 8.66. The first kappa shape index (κ1) is 25.2. The SMILES string of the molecule is O=C(NCCc1cccc(F)c1)c1cn(C[C@H]2CCCO2)cc(C(=O)NCc2ccccc2F)c1=O. The number of hydrogen-bond acceptors (Lipinski definition) is 4. The van der Waals surface area contributed by atoms with Crippen molar-refractivity contribution < 1.29 is 23.1 Å². The van der Waals surface area contributed by atoms with E-state index in [2.05, 4.69) is 10.6 Å². The summed E-state index contributed by atoms with van der Waals surface area (Å²) in [6.07, 6.45) is 4.82. The summed E-state index contributed by atoms with van der Waals surface area (Å²) in [5.74, 6) is -2.19. The maximum absolute atomic E-state index is 13.9. The van der Waals surface area contributed by atoms with Crippen molar-refractivity contribution in [3.8, 4) is 0 Å². The number of nitrogens with zero attached hydrogens (tertiary/aromatic N) is 1. The fraction of sp³-hybridized carbons (Fsp3) is 0.296. The molecule has 0 bridgehead atoms. The zero-order valence-corrected chi connectivity index (χ0v) is 19.6. The molecule has 1 aliphatic heterocycles. The molecule has 0 radical (unpaired) electrons. The van der Waals surface area contributed by atoms with Crippen molar-refractivity contribution in [2.24, 2.45) is 0 Å². The summed E-state index contributed by atoms with van der Waals surface area (Å²) in [5.41, 5.74) is -0.162. The Morgan fingerprint density at radius 2 is 1.75 bits per heavy atom. The van der Waals surface area contributed by atoms with Crippen LogP contribution in [0.1, 0.15) is 44.7 Å². The van der Waals surface area contributed by atoms with Gasteiger partial charge in [-0.25, -0.2) is 8.78 Å². The molecule has 2 heterocycles. The highest BCUT2D eigenvalue weighted by Gasteiger charge is 2.22. The molecule has 0 saturated carbocycles. The van der Waals surface area contributed by atoms with Crippen LogP contribution in [0.3, 0.4) is 0 Å². The number of rotatable bonds is 9. The summed E-state index contributed by atoms with van der Waals surface area (Å²) in [4.78, 5) is 38.9. The van der Waals surface area contributed by atoms with Gasteiger partial charge in [0.25, 0.3) is 11.8 Å². The van der Waals surface area contributed by atoms with Gasteiger partial charge in [0.05, 0.1) is 6.10 Å². The van der Waals surface area contributed by atoms with E-state index in [9.17, 15) is 23.2 Å². The first-order chi connectivity index (χ1) is 17.4. The highest BCUT2D eigenvalue weighted by molar-refractivity contribution is 5.99. The average Bonchev–Trinajstić information content (AvgIpc) is 3.37. The number of nitrogens with one attached hydrogen (secondary N) is 2. The Balaban J connectivity index is 1.52. The van der Waals surface area contributed by atoms with E-state index in [0.29, 0.717) is 25.1 Å². The summed E-state index contributed by atoms with van der Waals surface area (Å²) in [7, 11) is 0. The molecule has 2 aromatic carbocycles. The lowest BCUT2D eigenvalue weighted by molar-refractivity contribution is 0.0925. The molecule has 1 aliphatic rings. The predicted molar refractivity (Wildman–Crippen MR) is 130 cm³/mol. The molecule has 0 aliphatic carbocycles. The van der Waals surface area contributed by atoms with Gasteiger partial charge < -0.3 is 19.9 Å². The van der Waals surface area contributed by atoms with Crippen molar-refractivity contribution in [3.63, 3.8) is 0 Å². The van der Waals surface area contributed by atoms with Crippen LogP contribution in [0.25, 0.3) is 0 Å². The predicted octanol–water partition coefficient (Wildman–Crippen LogP) is 3.21. The summed E-state index contributed by atoms with van der Waals surface area (Å²) >= 11 is 0. The quantitative estimate of drug-likeness (QED) is 0.477. The molecule has 7 nitrogen and oxygen atoms in total. The molecule has 1 aromatic heterocycles. The number of carbonyl (C=O) groups excluding carboxylic acids is 2. The number of hydrogen-bond donors (Lipinski definition) is 2. The summed E-state index contributed by atoms with van der Waals surface area (Å²) in [5, 5.41) is 5.24. The van der Waals surface area contributed by atoms with Gasteiger partial charge in [0, 0.05) is 44.2 Å². The number of halogens is 2. The minimum atomic E-state index is -0.729. The topological polar surface area (TPSA) is 89.4 Å². The second kappa shape index (κ2) is 11.7. The third-order valence-electron chi connectivity index (χ3n) is 5.99. The van der Waals surface area contributed by atoms with E-state index in [1.54, 1.807) is 28.8 Å². The summed E-state index contributed by atoms with van der Waals surface area (Å²) in [6, 6.07) is 12.0. The van der Waals surface area contributed by atoms with Crippen LogP contribution in [0.15, 0.2) is 65.7 Å². The fourth-order valence-electron chi connectivity index (χ4n) is 4.10. The van der Waals surface area contributed by atoms with Crippen LogP contribution in [0, 0.1) is 11.6 Å². The molecule has 0 spiro atoms. The van der Waals surface area contributed by atoms with Gasteiger partial charge in [-0.1, -0.05) is 30.3 Å². The lowest BCUT2D eigenvalue weighted by Crippen LogP contribution is -2.36. The van der Waals surface area contributed by atoms with Crippen molar-refractivity contribution in [1.82, 2.24) is 15.2 Å². The van der Waals surface area contributed by atoms with Gasteiger partial charge >= 0.3 is 0 Å². The Labute approximate surface area is 207 Å². The number of carbonyl (C=O) groups is 2. The number of pyridine rings is 1. The number of benzene rings is 2. The van der Waals surface area contributed by atoms with E-state index in [1.807, 2.05) is 0 Å². The highest BCUT2D eigenvalue weighted by Crippen LogP contribution is 2.15. The third-order valence-corrected chi connectivity index (χ3v) is 5.99. The van der Waals surface area contributed by atoms with Crippen molar-refractivity contribution in [3.05, 3.63) is 105 Å². The van der Waals surface area contributed by atoms with Crippen LogP contribution in [-0.4, -0.2) is 35.6 Å². The van der Waals surface area contributed by atoms with Crippen molar-refractivity contribution in [2.45, 2.75) is 38.5 Å². The van der Waals surface area contributed by atoms with Crippen molar-refractivity contribution >= 4 is 11.8 Å². The van der Waals surface area contributed by atoms with Crippen LogP contribution >= 0.6 is 0 Å². The molecule has 4 rings (SSSR count).